The van der Waals surface area contributed by atoms with E-state index in [1.165, 1.54) is 44.9 Å². The maximum absolute atomic E-state index is 12.2. The van der Waals surface area contributed by atoms with Crippen LogP contribution >= 0.6 is 0 Å². The monoisotopic (exact) mass is 344 g/mol. The number of carbonyl (C=O) groups excluding carboxylic acids is 1. The molecule has 140 valence electrons. The molecule has 6 atom stereocenters. The molecule has 0 aromatic rings. The van der Waals surface area contributed by atoms with Crippen LogP contribution in [0.1, 0.15) is 78.1 Å². The van der Waals surface area contributed by atoms with Crippen LogP contribution in [0.4, 0.5) is 0 Å². The molecule has 0 amide bonds. The van der Waals surface area contributed by atoms with Crippen LogP contribution in [0, 0.1) is 34.5 Å². The Balaban J connectivity index is 1.66. The van der Waals surface area contributed by atoms with E-state index in [-0.39, 0.29) is 0 Å². The lowest BCUT2D eigenvalue weighted by Gasteiger charge is -2.61. The Labute approximate surface area is 153 Å². The van der Waals surface area contributed by atoms with Crippen molar-refractivity contribution in [2.24, 2.45) is 34.5 Å². The van der Waals surface area contributed by atoms with Crippen molar-refractivity contribution in [3.63, 3.8) is 0 Å². The van der Waals surface area contributed by atoms with Crippen LogP contribution < -0.4 is 0 Å². The maximum Gasteiger partial charge on any atom is 0.133 e. The third-order valence-electron chi connectivity index (χ3n) is 9.15. The van der Waals surface area contributed by atoms with Crippen LogP contribution in [0.2, 0.25) is 0 Å². The Morgan fingerprint density at radius 2 is 1.96 bits per heavy atom. The SMILES string of the molecule is CC=C1CC[C@H]2[C@@H]3CC[C@@H]4CC(=O)CC[C@]4(CCOC)[C@H]3CC[C@]12C. The summed E-state index contributed by atoms with van der Waals surface area (Å²) >= 11 is 0. The number of rotatable bonds is 3. The fourth-order valence-corrected chi connectivity index (χ4v) is 7.96. The van der Waals surface area contributed by atoms with Gasteiger partial charge in [-0.05, 0) is 92.8 Å². The average Bonchev–Trinajstić information content (AvgIpc) is 2.96. The summed E-state index contributed by atoms with van der Waals surface area (Å²) in [5, 5.41) is 0. The summed E-state index contributed by atoms with van der Waals surface area (Å²) < 4.78 is 5.54. The molecule has 2 nitrogen and oxygen atoms in total. The van der Waals surface area contributed by atoms with Gasteiger partial charge in [-0.1, -0.05) is 18.6 Å². The van der Waals surface area contributed by atoms with Crippen LogP contribution in [0.15, 0.2) is 11.6 Å². The minimum atomic E-state index is 0.396. The summed E-state index contributed by atoms with van der Waals surface area (Å²) in [4.78, 5) is 12.2. The number of ketones is 1. The van der Waals surface area contributed by atoms with E-state index in [0.29, 0.717) is 22.5 Å². The van der Waals surface area contributed by atoms with E-state index in [1.807, 2.05) is 7.11 Å². The largest absolute Gasteiger partial charge is 0.385 e. The zero-order valence-corrected chi connectivity index (χ0v) is 16.5. The average molecular weight is 345 g/mol. The van der Waals surface area contributed by atoms with Crippen molar-refractivity contribution in [2.45, 2.75) is 78.1 Å². The van der Waals surface area contributed by atoms with Gasteiger partial charge in [0.2, 0.25) is 0 Å². The molecule has 0 radical (unpaired) electrons. The van der Waals surface area contributed by atoms with Gasteiger partial charge in [0.05, 0.1) is 0 Å². The van der Waals surface area contributed by atoms with Gasteiger partial charge in [0, 0.05) is 26.6 Å². The lowest BCUT2D eigenvalue weighted by Crippen LogP contribution is -2.54. The van der Waals surface area contributed by atoms with E-state index in [1.54, 1.807) is 5.57 Å². The minimum Gasteiger partial charge on any atom is -0.385 e. The summed E-state index contributed by atoms with van der Waals surface area (Å²) in [5.41, 5.74) is 2.60. The molecule has 0 heterocycles. The van der Waals surface area contributed by atoms with Crippen LogP contribution in [-0.4, -0.2) is 19.5 Å². The summed E-state index contributed by atoms with van der Waals surface area (Å²) in [7, 11) is 1.84. The normalized spacial score (nSPS) is 48.1. The lowest BCUT2D eigenvalue weighted by atomic mass is 9.44. The van der Waals surface area contributed by atoms with Crippen molar-refractivity contribution < 1.29 is 9.53 Å². The van der Waals surface area contributed by atoms with Crippen molar-refractivity contribution in [1.29, 1.82) is 0 Å². The molecule has 0 saturated heterocycles. The number of carbonyl (C=O) groups is 1. The molecule has 25 heavy (non-hydrogen) atoms. The van der Waals surface area contributed by atoms with E-state index in [4.69, 9.17) is 4.74 Å². The zero-order chi connectivity index (χ0) is 17.7. The van der Waals surface area contributed by atoms with Gasteiger partial charge in [-0.2, -0.15) is 0 Å². The van der Waals surface area contributed by atoms with Crippen LogP contribution in [-0.2, 0) is 9.53 Å². The highest BCUT2D eigenvalue weighted by atomic mass is 16.5. The summed E-state index contributed by atoms with van der Waals surface area (Å²) in [6, 6.07) is 0. The zero-order valence-electron chi connectivity index (χ0n) is 16.5. The van der Waals surface area contributed by atoms with E-state index < -0.39 is 0 Å². The first-order chi connectivity index (χ1) is 12.0. The molecule has 4 rings (SSSR count). The van der Waals surface area contributed by atoms with E-state index in [0.717, 1.165) is 43.6 Å². The third-order valence-corrected chi connectivity index (χ3v) is 9.15. The first kappa shape index (κ1) is 17.8. The number of hydrogen-bond donors (Lipinski definition) is 0. The second-order valence-electron chi connectivity index (χ2n) is 9.68. The molecule has 4 fully saturated rings. The molecule has 0 aliphatic heterocycles. The highest BCUT2D eigenvalue weighted by molar-refractivity contribution is 5.79. The number of fused-ring (bicyclic) bond motifs is 5. The number of allylic oxidation sites excluding steroid dienone is 2. The number of hydrogen-bond acceptors (Lipinski definition) is 2. The van der Waals surface area contributed by atoms with Crippen molar-refractivity contribution in [2.75, 3.05) is 13.7 Å². The van der Waals surface area contributed by atoms with Gasteiger partial charge in [0.1, 0.15) is 5.78 Å². The smallest absolute Gasteiger partial charge is 0.133 e. The summed E-state index contributed by atoms with van der Waals surface area (Å²) in [6.07, 6.45) is 14.6. The van der Waals surface area contributed by atoms with Crippen LogP contribution in [0.25, 0.3) is 0 Å². The molecule has 0 aromatic heterocycles. The highest BCUT2D eigenvalue weighted by Crippen LogP contribution is 2.68. The van der Waals surface area contributed by atoms with Crippen LogP contribution in [0.5, 0.6) is 0 Å². The number of Topliss-reactive ketones (excluding diaryl/α,β-unsaturated/α-hetero) is 1. The Hall–Kier alpha value is -0.630. The fraction of sp³-hybridized carbons (Fsp3) is 0.870. The number of methoxy groups -OCH3 is 1. The Morgan fingerprint density at radius 3 is 2.72 bits per heavy atom. The Bertz CT molecular complexity index is 564. The predicted octanol–water partition coefficient (Wildman–Crippen LogP) is 5.56. The molecule has 0 N–H and O–H groups in total. The molecule has 4 aliphatic rings. The third kappa shape index (κ3) is 2.58. The standard InChI is InChI=1S/C23H36O2/c1-4-16-6-8-20-19-7-5-17-15-18(24)9-12-23(17,13-14-25-3)21(19)10-11-22(16,20)2/h4,17,19-21H,5-15H2,1-3H3/t17-,19+,20+,21+,22-,23-/m1/s1. The predicted molar refractivity (Wildman–Crippen MR) is 101 cm³/mol. The quantitative estimate of drug-likeness (QED) is 0.626. The van der Waals surface area contributed by atoms with Crippen molar-refractivity contribution in [1.82, 2.24) is 0 Å². The molecule has 0 spiro atoms. The molecular formula is C23H36O2. The van der Waals surface area contributed by atoms with Gasteiger partial charge in [-0.15, -0.1) is 0 Å². The molecule has 2 heteroatoms. The van der Waals surface area contributed by atoms with Gasteiger partial charge >= 0.3 is 0 Å². The van der Waals surface area contributed by atoms with Crippen molar-refractivity contribution >= 4 is 5.78 Å². The van der Waals surface area contributed by atoms with Gasteiger partial charge in [-0.3, -0.25) is 4.79 Å². The molecule has 0 bridgehead atoms. The molecule has 4 saturated carbocycles. The van der Waals surface area contributed by atoms with Crippen molar-refractivity contribution in [3.8, 4) is 0 Å². The molecule has 0 unspecified atom stereocenters. The van der Waals surface area contributed by atoms with Gasteiger partial charge in [-0.25, -0.2) is 0 Å². The van der Waals surface area contributed by atoms with Gasteiger partial charge in [0.25, 0.3) is 0 Å². The van der Waals surface area contributed by atoms with Crippen LogP contribution in [0.3, 0.4) is 0 Å². The lowest BCUT2D eigenvalue weighted by molar-refractivity contribution is -0.143. The van der Waals surface area contributed by atoms with E-state index in [2.05, 4.69) is 19.9 Å². The Morgan fingerprint density at radius 1 is 1.12 bits per heavy atom. The topological polar surface area (TPSA) is 26.3 Å². The molecule has 0 aromatic carbocycles. The van der Waals surface area contributed by atoms with Gasteiger partial charge in [0.15, 0.2) is 0 Å². The first-order valence-corrected chi connectivity index (χ1v) is 10.7. The second-order valence-corrected chi connectivity index (χ2v) is 9.68. The molecular weight excluding hydrogens is 308 g/mol. The maximum atomic E-state index is 12.2. The van der Waals surface area contributed by atoms with Crippen molar-refractivity contribution in [3.05, 3.63) is 11.6 Å². The first-order valence-electron chi connectivity index (χ1n) is 10.7. The second kappa shape index (κ2) is 6.51. The fourth-order valence-electron chi connectivity index (χ4n) is 7.96. The molecule has 4 aliphatic carbocycles. The minimum absolute atomic E-state index is 0.396. The summed E-state index contributed by atoms with van der Waals surface area (Å²) in [5.74, 6) is 3.77. The van der Waals surface area contributed by atoms with E-state index >= 15 is 0 Å². The summed E-state index contributed by atoms with van der Waals surface area (Å²) in [6.45, 7) is 5.68. The highest BCUT2D eigenvalue weighted by Gasteiger charge is 2.60. The van der Waals surface area contributed by atoms with Gasteiger partial charge < -0.3 is 4.74 Å². The Kier molecular flexibility index (Phi) is 4.63. The van der Waals surface area contributed by atoms with E-state index in [9.17, 15) is 4.79 Å². The number of ether oxygens (including phenoxy) is 1.